The highest BCUT2D eigenvalue weighted by atomic mass is 35.5. The van der Waals surface area contributed by atoms with Gasteiger partial charge in [0.1, 0.15) is 18.4 Å². The van der Waals surface area contributed by atoms with E-state index in [2.05, 4.69) is 5.32 Å². The molecule has 0 aliphatic heterocycles. The van der Waals surface area contributed by atoms with Crippen LogP contribution in [0.4, 0.5) is 10.1 Å². The van der Waals surface area contributed by atoms with E-state index < -0.39 is 34.3 Å². The second kappa shape index (κ2) is 14.5. The third-order valence-electron chi connectivity index (χ3n) is 6.95. The molecule has 44 heavy (non-hydrogen) atoms. The number of aryl methyl sites for hydroxylation is 1. The van der Waals surface area contributed by atoms with Gasteiger partial charge in [0.05, 0.1) is 10.6 Å². The Morgan fingerprint density at radius 2 is 1.50 bits per heavy atom. The van der Waals surface area contributed by atoms with Gasteiger partial charge in [-0.3, -0.25) is 13.9 Å². The van der Waals surface area contributed by atoms with Crippen LogP contribution >= 0.6 is 11.6 Å². The number of hydrogen-bond acceptors (Lipinski definition) is 4. The molecule has 10 heteroatoms. The molecule has 0 radical (unpaired) electrons. The van der Waals surface area contributed by atoms with Crippen LogP contribution in [0.5, 0.6) is 0 Å². The molecule has 0 saturated heterocycles. The Morgan fingerprint density at radius 1 is 0.864 bits per heavy atom. The Labute approximate surface area is 263 Å². The lowest BCUT2D eigenvalue weighted by Crippen LogP contribution is -2.54. The van der Waals surface area contributed by atoms with Crippen LogP contribution in [0.15, 0.2) is 108 Å². The standard InChI is InChI=1S/C34H35ClFN3O4S/c1-24(2)37-34(41)32(21-26-8-5-4-6-9-26)38(22-27-10-7-11-28(35)20-27)33(40)23-39(30-16-14-29(36)15-17-30)44(42,43)31-18-12-25(3)13-19-31/h4-20,24,32H,21-23H2,1-3H3,(H,37,41)/t32-/m0/s1. The quantitative estimate of drug-likeness (QED) is 0.202. The first-order valence-corrected chi connectivity index (χ1v) is 16.0. The molecule has 230 valence electrons. The zero-order chi connectivity index (χ0) is 31.9. The minimum absolute atomic E-state index is 0.00968. The van der Waals surface area contributed by atoms with Crippen LogP contribution in [0.2, 0.25) is 5.02 Å². The van der Waals surface area contributed by atoms with Crippen LogP contribution in [0.25, 0.3) is 0 Å². The van der Waals surface area contributed by atoms with E-state index in [-0.39, 0.29) is 35.5 Å². The Morgan fingerprint density at radius 3 is 2.11 bits per heavy atom. The van der Waals surface area contributed by atoms with Crippen molar-refractivity contribution < 1.29 is 22.4 Å². The zero-order valence-electron chi connectivity index (χ0n) is 24.8. The van der Waals surface area contributed by atoms with Crippen LogP contribution in [0, 0.1) is 12.7 Å². The maximum absolute atomic E-state index is 14.4. The highest BCUT2D eigenvalue weighted by Gasteiger charge is 2.34. The van der Waals surface area contributed by atoms with Crippen LogP contribution in [0.3, 0.4) is 0 Å². The number of rotatable bonds is 12. The summed E-state index contributed by atoms with van der Waals surface area (Å²) in [6.07, 6.45) is 0.187. The van der Waals surface area contributed by atoms with Gasteiger partial charge in [-0.05, 0) is 80.4 Å². The van der Waals surface area contributed by atoms with Gasteiger partial charge in [-0.15, -0.1) is 0 Å². The van der Waals surface area contributed by atoms with Crippen LogP contribution in [0.1, 0.15) is 30.5 Å². The van der Waals surface area contributed by atoms with Crippen molar-refractivity contribution in [3.05, 3.63) is 131 Å². The number of sulfonamides is 1. The summed E-state index contributed by atoms with van der Waals surface area (Å²) in [4.78, 5) is 29.4. The SMILES string of the molecule is Cc1ccc(S(=O)(=O)N(CC(=O)N(Cc2cccc(Cl)c2)[C@@H](Cc2ccccc2)C(=O)NC(C)C)c2ccc(F)cc2)cc1. The highest BCUT2D eigenvalue weighted by molar-refractivity contribution is 7.92. The number of nitrogens with zero attached hydrogens (tertiary/aromatic N) is 2. The van der Waals surface area contributed by atoms with Crippen LogP contribution in [-0.2, 0) is 32.6 Å². The number of carbonyl (C=O) groups is 2. The summed E-state index contributed by atoms with van der Waals surface area (Å²) >= 11 is 6.26. The molecule has 0 saturated carbocycles. The molecule has 0 aromatic heterocycles. The van der Waals surface area contributed by atoms with Gasteiger partial charge in [-0.1, -0.05) is 71.8 Å². The molecule has 4 aromatic rings. The molecule has 0 aliphatic carbocycles. The first kappa shape index (κ1) is 32.7. The van der Waals surface area contributed by atoms with E-state index in [1.165, 1.54) is 29.2 Å². The summed E-state index contributed by atoms with van der Waals surface area (Å²) in [6, 6.07) is 26.2. The summed E-state index contributed by atoms with van der Waals surface area (Å²) in [5.74, 6) is -1.55. The van der Waals surface area contributed by atoms with E-state index in [1.54, 1.807) is 36.4 Å². The molecule has 0 heterocycles. The third-order valence-corrected chi connectivity index (χ3v) is 8.97. The molecular weight excluding hydrogens is 601 g/mol. The molecule has 0 spiro atoms. The number of amides is 2. The lowest BCUT2D eigenvalue weighted by atomic mass is 10.0. The average Bonchev–Trinajstić information content (AvgIpc) is 2.98. The monoisotopic (exact) mass is 635 g/mol. The maximum Gasteiger partial charge on any atom is 0.264 e. The lowest BCUT2D eigenvalue weighted by Gasteiger charge is -2.34. The second-order valence-corrected chi connectivity index (χ2v) is 13.1. The van der Waals surface area contributed by atoms with Gasteiger partial charge >= 0.3 is 0 Å². The van der Waals surface area contributed by atoms with Gasteiger partial charge < -0.3 is 10.2 Å². The fourth-order valence-electron chi connectivity index (χ4n) is 4.74. The Balaban J connectivity index is 1.80. The van der Waals surface area contributed by atoms with E-state index in [4.69, 9.17) is 11.6 Å². The first-order valence-electron chi connectivity index (χ1n) is 14.2. The number of carbonyl (C=O) groups excluding carboxylic acids is 2. The molecule has 0 unspecified atom stereocenters. The zero-order valence-corrected chi connectivity index (χ0v) is 26.4. The lowest BCUT2D eigenvalue weighted by molar-refractivity contribution is -0.140. The van der Waals surface area contributed by atoms with Crippen molar-refractivity contribution in [2.45, 2.75) is 50.7 Å². The number of hydrogen-bond donors (Lipinski definition) is 1. The largest absolute Gasteiger partial charge is 0.352 e. The summed E-state index contributed by atoms with van der Waals surface area (Å²) in [6.45, 7) is 4.84. The van der Waals surface area contributed by atoms with E-state index in [0.29, 0.717) is 10.6 Å². The number of anilines is 1. The van der Waals surface area contributed by atoms with Crippen molar-refractivity contribution in [2.75, 3.05) is 10.8 Å². The maximum atomic E-state index is 14.4. The van der Waals surface area contributed by atoms with Crippen molar-refractivity contribution in [2.24, 2.45) is 0 Å². The van der Waals surface area contributed by atoms with Gasteiger partial charge in [-0.25, -0.2) is 12.8 Å². The smallest absolute Gasteiger partial charge is 0.264 e. The van der Waals surface area contributed by atoms with E-state index in [1.807, 2.05) is 51.1 Å². The summed E-state index contributed by atoms with van der Waals surface area (Å²) in [7, 11) is -4.27. The number of halogens is 2. The fraction of sp³-hybridized carbons (Fsp3) is 0.235. The molecule has 1 atom stereocenters. The second-order valence-electron chi connectivity index (χ2n) is 10.8. The highest BCUT2D eigenvalue weighted by Crippen LogP contribution is 2.26. The molecular formula is C34H35ClFN3O4S. The van der Waals surface area contributed by atoms with Gasteiger partial charge in [0.15, 0.2) is 0 Å². The fourth-order valence-corrected chi connectivity index (χ4v) is 6.37. The third kappa shape index (κ3) is 8.45. The Hall–Kier alpha value is -4.21. The van der Waals surface area contributed by atoms with E-state index in [9.17, 15) is 22.4 Å². The number of nitrogens with one attached hydrogen (secondary N) is 1. The van der Waals surface area contributed by atoms with Crippen molar-refractivity contribution in [3.63, 3.8) is 0 Å². The summed E-state index contributed by atoms with van der Waals surface area (Å²) < 4.78 is 42.8. The Bertz CT molecular complexity index is 1680. The Kier molecular flexibility index (Phi) is 10.8. The minimum atomic E-state index is -4.27. The molecule has 2 amide bonds. The molecule has 1 N–H and O–H groups in total. The summed E-state index contributed by atoms with van der Waals surface area (Å²) in [5.41, 5.74) is 2.45. The topological polar surface area (TPSA) is 86.8 Å². The molecule has 4 rings (SSSR count). The van der Waals surface area contributed by atoms with Gasteiger partial charge in [0, 0.05) is 24.0 Å². The normalized spacial score (nSPS) is 12.0. The predicted octanol–water partition coefficient (Wildman–Crippen LogP) is 6.15. The molecule has 7 nitrogen and oxygen atoms in total. The molecule has 4 aromatic carbocycles. The van der Waals surface area contributed by atoms with Gasteiger partial charge in [-0.2, -0.15) is 0 Å². The predicted molar refractivity (Wildman–Crippen MR) is 171 cm³/mol. The van der Waals surface area contributed by atoms with Crippen molar-refractivity contribution >= 4 is 39.1 Å². The van der Waals surface area contributed by atoms with Crippen molar-refractivity contribution in [1.82, 2.24) is 10.2 Å². The van der Waals surface area contributed by atoms with Crippen molar-refractivity contribution in [3.8, 4) is 0 Å². The summed E-state index contributed by atoms with van der Waals surface area (Å²) in [5, 5.41) is 3.37. The molecule has 0 aliphatic rings. The average molecular weight is 636 g/mol. The van der Waals surface area contributed by atoms with E-state index in [0.717, 1.165) is 27.6 Å². The van der Waals surface area contributed by atoms with E-state index >= 15 is 0 Å². The molecule has 0 fully saturated rings. The van der Waals surface area contributed by atoms with Crippen LogP contribution in [-0.4, -0.2) is 43.8 Å². The first-order chi connectivity index (χ1) is 20.9. The number of benzene rings is 4. The van der Waals surface area contributed by atoms with Gasteiger partial charge in [0.25, 0.3) is 10.0 Å². The minimum Gasteiger partial charge on any atom is -0.352 e. The van der Waals surface area contributed by atoms with Crippen molar-refractivity contribution in [1.29, 1.82) is 0 Å². The van der Waals surface area contributed by atoms with Crippen LogP contribution < -0.4 is 9.62 Å². The van der Waals surface area contributed by atoms with Gasteiger partial charge in [0.2, 0.25) is 11.8 Å². The molecule has 0 bridgehead atoms.